The van der Waals surface area contributed by atoms with Crippen LogP contribution in [0, 0.1) is 0 Å². The first kappa shape index (κ1) is 12.8. The summed E-state index contributed by atoms with van der Waals surface area (Å²) in [7, 11) is 0. The van der Waals surface area contributed by atoms with Crippen LogP contribution in [0.25, 0.3) is 0 Å². The molecular formula is C9H18O3S. The lowest BCUT2D eigenvalue weighted by molar-refractivity contribution is 0.119. The van der Waals surface area contributed by atoms with E-state index in [1.54, 1.807) is 0 Å². The molecule has 0 bridgehead atoms. The lowest BCUT2D eigenvalue weighted by Gasteiger charge is -2.03. The van der Waals surface area contributed by atoms with Gasteiger partial charge in [0.2, 0.25) is 0 Å². The highest BCUT2D eigenvalue weighted by Gasteiger charge is 1.93. The molecule has 0 atom stereocenters. The largest absolute Gasteiger partial charge is 0.458 e. The van der Waals surface area contributed by atoms with Crippen LogP contribution in [-0.2, 0) is 9.47 Å². The highest BCUT2D eigenvalue weighted by atomic mass is 32.1. The van der Waals surface area contributed by atoms with Crippen molar-refractivity contribution in [1.82, 2.24) is 0 Å². The molecule has 0 rings (SSSR count). The fourth-order valence-corrected chi connectivity index (χ4v) is 0.905. The van der Waals surface area contributed by atoms with Crippen LogP contribution in [0.3, 0.4) is 0 Å². The topological polar surface area (TPSA) is 35.5 Å². The predicted octanol–water partition coefficient (Wildman–Crippen LogP) is 2.65. The van der Waals surface area contributed by atoms with Crippen LogP contribution in [-0.4, -0.2) is 25.1 Å². The molecule has 3 nitrogen and oxygen atoms in total. The lowest BCUT2D eigenvalue weighted by atomic mass is 10.3. The minimum absolute atomic E-state index is 0.444. The van der Waals surface area contributed by atoms with Gasteiger partial charge in [-0.15, -0.1) is 0 Å². The van der Waals surface area contributed by atoms with Gasteiger partial charge in [0.05, 0.1) is 6.61 Å². The van der Waals surface area contributed by atoms with E-state index >= 15 is 0 Å². The second-order valence-electron chi connectivity index (χ2n) is 2.79. The number of thiol groups is 1. The van der Waals surface area contributed by atoms with Crippen molar-refractivity contribution in [3.05, 3.63) is 0 Å². The number of hydrogen-bond donors (Lipinski definition) is 1. The summed E-state index contributed by atoms with van der Waals surface area (Å²) in [6.45, 7) is 4.17. The highest BCUT2D eigenvalue weighted by Crippen LogP contribution is 1.95. The fourth-order valence-electron chi connectivity index (χ4n) is 0.814. The molecule has 0 saturated heterocycles. The third-order valence-corrected chi connectivity index (χ3v) is 1.68. The zero-order chi connectivity index (χ0) is 9.94. The van der Waals surface area contributed by atoms with E-state index < -0.39 is 5.30 Å². The van der Waals surface area contributed by atoms with Crippen LogP contribution in [0.2, 0.25) is 0 Å². The second kappa shape index (κ2) is 9.86. The molecule has 13 heavy (non-hydrogen) atoms. The van der Waals surface area contributed by atoms with E-state index in [0.717, 1.165) is 38.9 Å². The number of carbonyl (C=O) groups excluding carboxylic acids is 1. The number of rotatable bonds is 8. The molecule has 0 aromatic heterocycles. The van der Waals surface area contributed by atoms with Crippen molar-refractivity contribution in [2.45, 2.75) is 32.6 Å². The van der Waals surface area contributed by atoms with Crippen molar-refractivity contribution < 1.29 is 14.3 Å². The second-order valence-corrected chi connectivity index (χ2v) is 3.15. The van der Waals surface area contributed by atoms with E-state index in [0.29, 0.717) is 6.61 Å². The van der Waals surface area contributed by atoms with Gasteiger partial charge in [-0.05, 0) is 19.3 Å². The normalized spacial score (nSPS) is 10.0. The van der Waals surface area contributed by atoms with E-state index in [9.17, 15) is 4.79 Å². The summed E-state index contributed by atoms with van der Waals surface area (Å²) in [5, 5.41) is -0.507. The average Bonchev–Trinajstić information content (AvgIpc) is 2.09. The molecule has 0 saturated carbocycles. The van der Waals surface area contributed by atoms with Crippen LogP contribution < -0.4 is 0 Å². The van der Waals surface area contributed by atoms with Gasteiger partial charge in [-0.3, -0.25) is 0 Å². The molecule has 78 valence electrons. The van der Waals surface area contributed by atoms with Crippen molar-refractivity contribution >= 4 is 17.9 Å². The molecule has 0 heterocycles. The van der Waals surface area contributed by atoms with Crippen LogP contribution in [0.4, 0.5) is 4.79 Å². The summed E-state index contributed by atoms with van der Waals surface area (Å²) in [5.74, 6) is 0. The SMILES string of the molecule is CCCCOCCCCOC(=O)S. The fraction of sp³-hybridized carbons (Fsp3) is 0.889. The molecule has 0 N–H and O–H groups in total. The van der Waals surface area contributed by atoms with Gasteiger partial charge in [0.25, 0.3) is 0 Å². The van der Waals surface area contributed by atoms with Crippen molar-refractivity contribution in [1.29, 1.82) is 0 Å². The minimum Gasteiger partial charge on any atom is -0.458 e. The number of hydrogen-bond acceptors (Lipinski definition) is 3. The van der Waals surface area contributed by atoms with Gasteiger partial charge in [0, 0.05) is 13.2 Å². The first-order chi connectivity index (χ1) is 6.27. The van der Waals surface area contributed by atoms with Gasteiger partial charge in [-0.1, -0.05) is 26.0 Å². The van der Waals surface area contributed by atoms with Gasteiger partial charge in [0.15, 0.2) is 0 Å². The van der Waals surface area contributed by atoms with Crippen LogP contribution in [0.1, 0.15) is 32.6 Å². The Morgan fingerprint density at radius 2 is 1.77 bits per heavy atom. The zero-order valence-electron chi connectivity index (χ0n) is 8.12. The monoisotopic (exact) mass is 206 g/mol. The predicted molar refractivity (Wildman–Crippen MR) is 55.3 cm³/mol. The summed E-state index contributed by atoms with van der Waals surface area (Å²) < 4.78 is 9.96. The maximum atomic E-state index is 10.2. The Hall–Kier alpha value is -0.220. The van der Waals surface area contributed by atoms with E-state index in [-0.39, 0.29) is 0 Å². The molecule has 0 radical (unpaired) electrons. The van der Waals surface area contributed by atoms with Gasteiger partial charge >= 0.3 is 5.30 Å². The summed E-state index contributed by atoms with van der Waals surface area (Å²) in [6, 6.07) is 0. The maximum Gasteiger partial charge on any atom is 0.364 e. The Labute approximate surface area is 85.2 Å². The molecule has 0 amide bonds. The van der Waals surface area contributed by atoms with Crippen LogP contribution >= 0.6 is 12.6 Å². The van der Waals surface area contributed by atoms with E-state index in [4.69, 9.17) is 4.74 Å². The van der Waals surface area contributed by atoms with Crippen molar-refractivity contribution in [2.75, 3.05) is 19.8 Å². The van der Waals surface area contributed by atoms with E-state index in [1.165, 1.54) is 0 Å². The minimum atomic E-state index is -0.507. The summed E-state index contributed by atoms with van der Waals surface area (Å²) >= 11 is 3.48. The molecule has 0 aromatic rings. The quantitative estimate of drug-likeness (QED) is 0.377. The van der Waals surface area contributed by atoms with Gasteiger partial charge < -0.3 is 9.47 Å². The Morgan fingerprint density at radius 3 is 2.38 bits per heavy atom. The van der Waals surface area contributed by atoms with E-state index in [1.807, 2.05) is 0 Å². The molecule has 0 fully saturated rings. The Bertz CT molecular complexity index is 128. The molecule has 0 aliphatic heterocycles. The Morgan fingerprint density at radius 1 is 1.15 bits per heavy atom. The van der Waals surface area contributed by atoms with Crippen molar-refractivity contribution in [3.63, 3.8) is 0 Å². The Kier molecular flexibility index (Phi) is 9.70. The number of carbonyl (C=O) groups is 1. The number of unbranched alkanes of at least 4 members (excludes halogenated alkanes) is 2. The zero-order valence-corrected chi connectivity index (χ0v) is 9.02. The first-order valence-electron chi connectivity index (χ1n) is 4.70. The molecule has 0 aliphatic carbocycles. The van der Waals surface area contributed by atoms with Gasteiger partial charge in [-0.2, -0.15) is 0 Å². The highest BCUT2D eigenvalue weighted by molar-refractivity contribution is 7.96. The first-order valence-corrected chi connectivity index (χ1v) is 5.15. The molecule has 4 heteroatoms. The lowest BCUT2D eigenvalue weighted by Crippen LogP contribution is -2.01. The van der Waals surface area contributed by atoms with Crippen LogP contribution in [0.15, 0.2) is 0 Å². The molecule has 0 unspecified atom stereocenters. The molecular weight excluding hydrogens is 188 g/mol. The molecule has 0 spiro atoms. The van der Waals surface area contributed by atoms with Gasteiger partial charge in [-0.25, -0.2) is 4.79 Å². The Balaban J connectivity index is 2.87. The maximum absolute atomic E-state index is 10.2. The third-order valence-electron chi connectivity index (χ3n) is 1.55. The summed E-state index contributed by atoms with van der Waals surface area (Å²) in [5.41, 5.74) is 0. The smallest absolute Gasteiger partial charge is 0.364 e. The molecule has 0 aliphatic rings. The number of ether oxygens (including phenoxy) is 2. The average molecular weight is 206 g/mol. The van der Waals surface area contributed by atoms with Crippen molar-refractivity contribution in [2.24, 2.45) is 0 Å². The molecule has 0 aromatic carbocycles. The van der Waals surface area contributed by atoms with Crippen LogP contribution in [0.5, 0.6) is 0 Å². The van der Waals surface area contributed by atoms with Gasteiger partial charge in [0.1, 0.15) is 0 Å². The summed E-state index contributed by atoms with van der Waals surface area (Å²) in [6.07, 6.45) is 4.06. The standard InChI is InChI=1S/C9H18O3S/c1-2-3-6-11-7-4-5-8-12-9(10)13/h2-8H2,1H3,(H,10,13). The summed E-state index contributed by atoms with van der Waals surface area (Å²) in [4.78, 5) is 10.2. The van der Waals surface area contributed by atoms with E-state index in [2.05, 4.69) is 24.3 Å². The van der Waals surface area contributed by atoms with Crippen molar-refractivity contribution in [3.8, 4) is 0 Å². The third kappa shape index (κ3) is 11.8.